The van der Waals surface area contributed by atoms with Crippen LogP contribution in [0.1, 0.15) is 40.5 Å². The first kappa shape index (κ1) is 18.4. The molecular formula is C20H28O5. The van der Waals surface area contributed by atoms with E-state index in [1.165, 1.54) is 0 Å². The van der Waals surface area contributed by atoms with Crippen molar-refractivity contribution in [1.82, 2.24) is 0 Å². The Labute approximate surface area is 149 Å². The molecule has 0 saturated heterocycles. The van der Waals surface area contributed by atoms with Gasteiger partial charge in [0.25, 0.3) is 0 Å². The molecule has 0 radical (unpaired) electrons. The summed E-state index contributed by atoms with van der Waals surface area (Å²) in [5.74, 6) is 0.472. The SMILES string of the molecule is C/C=C/C1=CC2CC3=C(C(=O)C(C)CC)C(O)OC3(C)C(O)C2CO1. The van der Waals surface area contributed by atoms with Gasteiger partial charge in [-0.05, 0) is 50.3 Å². The van der Waals surface area contributed by atoms with Crippen molar-refractivity contribution in [2.75, 3.05) is 6.61 Å². The lowest BCUT2D eigenvalue weighted by Gasteiger charge is -2.46. The normalized spacial score (nSPS) is 38.9. The number of aliphatic hydroxyl groups excluding tert-OH is 2. The number of ketones is 1. The Kier molecular flexibility index (Phi) is 4.93. The van der Waals surface area contributed by atoms with Crippen LogP contribution in [0, 0.1) is 17.8 Å². The molecule has 25 heavy (non-hydrogen) atoms. The predicted octanol–water partition coefficient (Wildman–Crippen LogP) is 2.49. The minimum atomic E-state index is -1.27. The molecule has 6 atom stereocenters. The van der Waals surface area contributed by atoms with Gasteiger partial charge < -0.3 is 19.7 Å². The van der Waals surface area contributed by atoms with Crippen molar-refractivity contribution in [3.05, 3.63) is 35.1 Å². The first-order chi connectivity index (χ1) is 11.8. The van der Waals surface area contributed by atoms with E-state index in [0.29, 0.717) is 25.0 Å². The van der Waals surface area contributed by atoms with Crippen molar-refractivity contribution < 1.29 is 24.5 Å². The lowest BCUT2D eigenvalue weighted by Crippen LogP contribution is -2.54. The first-order valence-corrected chi connectivity index (χ1v) is 9.12. The lowest BCUT2D eigenvalue weighted by atomic mass is 9.66. The number of rotatable bonds is 4. The topological polar surface area (TPSA) is 76.0 Å². The van der Waals surface area contributed by atoms with Crippen LogP contribution in [0.25, 0.3) is 0 Å². The molecule has 0 aromatic rings. The molecule has 6 unspecified atom stereocenters. The van der Waals surface area contributed by atoms with E-state index in [1.54, 1.807) is 6.92 Å². The summed E-state index contributed by atoms with van der Waals surface area (Å²) < 4.78 is 11.5. The van der Waals surface area contributed by atoms with Crippen molar-refractivity contribution in [2.24, 2.45) is 17.8 Å². The monoisotopic (exact) mass is 348 g/mol. The van der Waals surface area contributed by atoms with Gasteiger partial charge in [0, 0.05) is 11.8 Å². The molecule has 5 heteroatoms. The molecule has 2 aliphatic heterocycles. The van der Waals surface area contributed by atoms with Crippen LogP contribution in [0.4, 0.5) is 0 Å². The molecule has 2 heterocycles. The molecule has 0 amide bonds. The van der Waals surface area contributed by atoms with E-state index in [1.807, 2.05) is 39.0 Å². The average molecular weight is 348 g/mol. The maximum absolute atomic E-state index is 12.8. The number of fused-ring (bicyclic) bond motifs is 2. The summed E-state index contributed by atoms with van der Waals surface area (Å²) in [6, 6.07) is 0. The Morgan fingerprint density at radius 1 is 1.48 bits per heavy atom. The number of carbonyl (C=O) groups is 1. The van der Waals surface area contributed by atoms with Crippen LogP contribution in [-0.2, 0) is 14.3 Å². The predicted molar refractivity (Wildman–Crippen MR) is 93.4 cm³/mol. The van der Waals surface area contributed by atoms with E-state index >= 15 is 0 Å². The van der Waals surface area contributed by atoms with Gasteiger partial charge in [-0.15, -0.1) is 0 Å². The molecule has 3 aliphatic rings. The van der Waals surface area contributed by atoms with Crippen molar-refractivity contribution in [3.63, 3.8) is 0 Å². The largest absolute Gasteiger partial charge is 0.494 e. The summed E-state index contributed by atoms with van der Waals surface area (Å²) in [6.45, 7) is 7.91. The fourth-order valence-electron chi connectivity index (χ4n) is 4.21. The van der Waals surface area contributed by atoms with Gasteiger partial charge in [0.2, 0.25) is 0 Å². The molecule has 138 valence electrons. The van der Waals surface area contributed by atoms with Gasteiger partial charge in [-0.2, -0.15) is 0 Å². The van der Waals surface area contributed by atoms with Crippen LogP contribution in [-0.4, -0.2) is 40.6 Å². The highest BCUT2D eigenvalue weighted by atomic mass is 16.6. The fraction of sp³-hybridized carbons (Fsp3) is 0.650. The first-order valence-electron chi connectivity index (χ1n) is 9.12. The third-order valence-corrected chi connectivity index (χ3v) is 5.96. The maximum atomic E-state index is 12.8. The van der Waals surface area contributed by atoms with Crippen molar-refractivity contribution in [2.45, 2.75) is 58.5 Å². The van der Waals surface area contributed by atoms with Crippen LogP contribution in [0.2, 0.25) is 0 Å². The van der Waals surface area contributed by atoms with Crippen LogP contribution >= 0.6 is 0 Å². The molecule has 0 spiro atoms. The Balaban J connectivity index is 2.02. The number of Topliss-reactive ketones (excluding diaryl/α,β-unsaturated/α-hetero) is 1. The molecule has 0 aromatic carbocycles. The van der Waals surface area contributed by atoms with Crippen molar-refractivity contribution >= 4 is 5.78 Å². The summed E-state index contributed by atoms with van der Waals surface area (Å²) in [5.41, 5.74) is 0.0628. The molecule has 1 saturated carbocycles. The van der Waals surface area contributed by atoms with Crippen LogP contribution < -0.4 is 0 Å². The summed E-state index contributed by atoms with van der Waals surface area (Å²) in [6.07, 6.45) is 5.02. The molecule has 1 aliphatic carbocycles. The Bertz CT molecular complexity index is 646. The molecule has 0 bridgehead atoms. The zero-order valence-electron chi connectivity index (χ0n) is 15.4. The Morgan fingerprint density at radius 2 is 2.20 bits per heavy atom. The van der Waals surface area contributed by atoms with Crippen LogP contribution in [0.15, 0.2) is 35.1 Å². The molecule has 0 aromatic heterocycles. The quantitative estimate of drug-likeness (QED) is 0.816. The highest BCUT2D eigenvalue weighted by molar-refractivity contribution is 5.99. The number of ether oxygens (including phenoxy) is 2. The maximum Gasteiger partial charge on any atom is 0.185 e. The summed E-state index contributed by atoms with van der Waals surface area (Å²) in [4.78, 5) is 12.8. The van der Waals surface area contributed by atoms with E-state index in [0.717, 1.165) is 11.3 Å². The third kappa shape index (κ3) is 2.88. The van der Waals surface area contributed by atoms with E-state index < -0.39 is 18.0 Å². The number of carbonyl (C=O) groups excluding carboxylic acids is 1. The van der Waals surface area contributed by atoms with Crippen LogP contribution in [0.3, 0.4) is 0 Å². The number of hydrogen-bond donors (Lipinski definition) is 2. The van der Waals surface area contributed by atoms with Gasteiger partial charge >= 0.3 is 0 Å². The van der Waals surface area contributed by atoms with Crippen molar-refractivity contribution in [3.8, 4) is 0 Å². The van der Waals surface area contributed by atoms with E-state index in [-0.39, 0.29) is 23.5 Å². The van der Waals surface area contributed by atoms with E-state index in [4.69, 9.17) is 9.47 Å². The second kappa shape index (κ2) is 6.71. The van der Waals surface area contributed by atoms with Gasteiger partial charge in [-0.3, -0.25) is 4.79 Å². The Hall–Kier alpha value is -1.43. The highest BCUT2D eigenvalue weighted by Crippen LogP contribution is 2.51. The van der Waals surface area contributed by atoms with E-state index in [2.05, 4.69) is 0 Å². The van der Waals surface area contributed by atoms with Crippen LogP contribution in [0.5, 0.6) is 0 Å². The van der Waals surface area contributed by atoms with Gasteiger partial charge in [-0.1, -0.05) is 19.9 Å². The minimum absolute atomic E-state index is 0.0617. The number of aliphatic hydroxyl groups is 2. The van der Waals surface area contributed by atoms with Gasteiger partial charge in [0.05, 0.1) is 18.3 Å². The highest BCUT2D eigenvalue weighted by Gasteiger charge is 2.57. The molecule has 1 fully saturated rings. The third-order valence-electron chi connectivity index (χ3n) is 5.96. The van der Waals surface area contributed by atoms with Gasteiger partial charge in [0.15, 0.2) is 12.1 Å². The molecule has 5 nitrogen and oxygen atoms in total. The standard InChI is InChI=1S/C20H28O5/c1-5-7-13-8-12-9-15-16(17(21)11(3)6-2)19(23)25-20(15,4)18(22)14(12)10-24-13/h5,7-8,11-12,14,18-19,22-23H,6,9-10H2,1-4H3/b7-5+. The van der Waals surface area contributed by atoms with E-state index in [9.17, 15) is 15.0 Å². The number of hydrogen-bond acceptors (Lipinski definition) is 5. The summed E-state index contributed by atoms with van der Waals surface area (Å²) in [5, 5.41) is 21.4. The molecular weight excluding hydrogens is 320 g/mol. The average Bonchev–Trinajstić information content (AvgIpc) is 2.85. The minimum Gasteiger partial charge on any atom is -0.494 e. The lowest BCUT2D eigenvalue weighted by molar-refractivity contribution is -0.190. The van der Waals surface area contributed by atoms with Crippen molar-refractivity contribution in [1.29, 1.82) is 0 Å². The zero-order valence-corrected chi connectivity index (χ0v) is 15.4. The summed E-state index contributed by atoms with van der Waals surface area (Å²) in [7, 11) is 0. The molecule has 2 N–H and O–H groups in total. The fourth-order valence-corrected chi connectivity index (χ4v) is 4.21. The van der Waals surface area contributed by atoms with Gasteiger partial charge in [-0.25, -0.2) is 0 Å². The zero-order chi connectivity index (χ0) is 18.4. The smallest absolute Gasteiger partial charge is 0.185 e. The second-order valence-electron chi connectivity index (χ2n) is 7.50. The number of allylic oxidation sites excluding steroid dienone is 3. The Morgan fingerprint density at radius 3 is 2.84 bits per heavy atom. The second-order valence-corrected chi connectivity index (χ2v) is 7.50. The summed E-state index contributed by atoms with van der Waals surface area (Å²) >= 11 is 0. The molecule has 3 rings (SSSR count). The van der Waals surface area contributed by atoms with Gasteiger partial charge in [0.1, 0.15) is 11.4 Å².